The van der Waals surface area contributed by atoms with Crippen LogP contribution in [0.15, 0.2) is 65.7 Å². The van der Waals surface area contributed by atoms with E-state index in [2.05, 4.69) is 10.3 Å². The molecule has 28 heavy (non-hydrogen) atoms. The lowest BCUT2D eigenvalue weighted by Crippen LogP contribution is -2.20. The van der Waals surface area contributed by atoms with Crippen LogP contribution in [0.4, 0.5) is 5.13 Å². The van der Waals surface area contributed by atoms with E-state index >= 15 is 0 Å². The van der Waals surface area contributed by atoms with Crippen LogP contribution in [0.25, 0.3) is 6.08 Å². The number of para-hydroxylation sites is 1. The molecule has 0 radical (unpaired) electrons. The van der Waals surface area contributed by atoms with Crippen molar-refractivity contribution < 1.29 is 19.1 Å². The molecule has 1 N–H and O–H groups in total. The molecule has 140 valence electrons. The van der Waals surface area contributed by atoms with Gasteiger partial charge in [-0.15, -0.1) is 11.3 Å². The van der Waals surface area contributed by atoms with Crippen molar-refractivity contribution in [2.75, 3.05) is 18.5 Å². The lowest BCUT2D eigenvalue weighted by molar-refractivity contribution is -0.118. The summed E-state index contributed by atoms with van der Waals surface area (Å²) in [7, 11) is 0. The van der Waals surface area contributed by atoms with Crippen molar-refractivity contribution in [3.63, 3.8) is 0 Å². The maximum absolute atomic E-state index is 12.6. The maximum atomic E-state index is 12.6. The van der Waals surface area contributed by atoms with E-state index in [1.165, 1.54) is 11.3 Å². The Morgan fingerprint density at radius 3 is 3.00 bits per heavy atom. The van der Waals surface area contributed by atoms with Gasteiger partial charge in [0.15, 0.2) is 17.5 Å². The predicted molar refractivity (Wildman–Crippen MR) is 107 cm³/mol. The predicted octanol–water partition coefficient (Wildman–Crippen LogP) is 3.82. The summed E-state index contributed by atoms with van der Waals surface area (Å²) in [6.45, 7) is 0.0895. The van der Waals surface area contributed by atoms with E-state index in [4.69, 9.17) is 9.47 Å². The molecule has 3 aromatic rings. The first kappa shape index (κ1) is 17.9. The SMILES string of the molecule is O=C(COc1cccc(/C=C2\COc3ccccc3C2=O)c1)Nc1nccs1. The molecule has 6 nitrogen and oxygen atoms in total. The molecule has 4 rings (SSSR count). The molecule has 0 unspecified atom stereocenters. The fourth-order valence-electron chi connectivity index (χ4n) is 2.77. The Morgan fingerprint density at radius 2 is 2.14 bits per heavy atom. The van der Waals surface area contributed by atoms with Gasteiger partial charge in [0.25, 0.3) is 5.91 Å². The van der Waals surface area contributed by atoms with Crippen LogP contribution < -0.4 is 14.8 Å². The molecule has 7 heteroatoms. The van der Waals surface area contributed by atoms with Crippen molar-refractivity contribution in [3.05, 3.63) is 76.8 Å². The summed E-state index contributed by atoms with van der Waals surface area (Å²) in [5, 5.41) is 4.97. The van der Waals surface area contributed by atoms with Crippen LogP contribution in [0, 0.1) is 0 Å². The molecular weight excluding hydrogens is 376 g/mol. The third kappa shape index (κ3) is 4.10. The standard InChI is InChI=1S/C21H16N2O4S/c24-19(23-21-22-8-9-28-21)13-26-16-5-3-4-14(11-16)10-15-12-27-18-7-2-1-6-17(18)20(15)25/h1-11H,12-13H2,(H,22,23,24)/b15-10+. The molecule has 2 heterocycles. The fraction of sp³-hybridized carbons (Fsp3) is 0.0952. The van der Waals surface area contributed by atoms with E-state index < -0.39 is 0 Å². The first-order valence-electron chi connectivity index (χ1n) is 8.58. The highest BCUT2D eigenvalue weighted by Crippen LogP contribution is 2.28. The third-order valence-electron chi connectivity index (χ3n) is 4.05. The van der Waals surface area contributed by atoms with Crippen molar-refractivity contribution in [2.45, 2.75) is 0 Å². The molecule has 0 bridgehead atoms. The number of nitrogens with one attached hydrogen (secondary N) is 1. The second kappa shape index (κ2) is 8.06. The van der Waals surface area contributed by atoms with E-state index in [-0.39, 0.29) is 24.9 Å². The summed E-state index contributed by atoms with van der Waals surface area (Å²) >= 11 is 1.34. The highest BCUT2D eigenvalue weighted by Gasteiger charge is 2.22. The number of hydrogen-bond acceptors (Lipinski definition) is 6. The summed E-state index contributed by atoms with van der Waals surface area (Å²) in [5.74, 6) is 0.809. The van der Waals surface area contributed by atoms with E-state index in [9.17, 15) is 9.59 Å². The van der Waals surface area contributed by atoms with Gasteiger partial charge in [0, 0.05) is 17.2 Å². The van der Waals surface area contributed by atoms with Crippen molar-refractivity contribution in [2.24, 2.45) is 0 Å². The Bertz CT molecular complexity index is 1040. The number of ether oxygens (including phenoxy) is 2. The van der Waals surface area contributed by atoms with Gasteiger partial charge in [-0.05, 0) is 35.9 Å². The zero-order chi connectivity index (χ0) is 19.3. The molecule has 1 aliphatic heterocycles. The van der Waals surface area contributed by atoms with Gasteiger partial charge < -0.3 is 9.47 Å². The Morgan fingerprint density at radius 1 is 1.25 bits per heavy atom. The number of nitrogens with zero attached hydrogens (tertiary/aromatic N) is 1. The van der Waals surface area contributed by atoms with E-state index in [0.29, 0.717) is 27.8 Å². The summed E-state index contributed by atoms with van der Waals surface area (Å²) in [4.78, 5) is 28.5. The first-order chi connectivity index (χ1) is 13.7. The van der Waals surface area contributed by atoms with Gasteiger partial charge >= 0.3 is 0 Å². The Balaban J connectivity index is 1.43. The van der Waals surface area contributed by atoms with Crippen molar-refractivity contribution in [1.29, 1.82) is 0 Å². The van der Waals surface area contributed by atoms with Gasteiger partial charge in [0.1, 0.15) is 18.1 Å². The molecule has 0 atom stereocenters. The number of thiazole rings is 1. The maximum Gasteiger partial charge on any atom is 0.264 e. The van der Waals surface area contributed by atoms with Crippen molar-refractivity contribution >= 4 is 34.2 Å². The van der Waals surface area contributed by atoms with Crippen molar-refractivity contribution in [1.82, 2.24) is 4.98 Å². The molecular formula is C21H16N2O4S. The number of aromatic nitrogens is 1. The number of carbonyl (C=O) groups is 2. The second-order valence-electron chi connectivity index (χ2n) is 6.03. The lowest BCUT2D eigenvalue weighted by atomic mass is 9.98. The molecule has 0 spiro atoms. The zero-order valence-electron chi connectivity index (χ0n) is 14.8. The van der Waals surface area contributed by atoms with Crippen LogP contribution in [0.2, 0.25) is 0 Å². The Kier molecular flexibility index (Phi) is 5.16. The number of rotatable bonds is 5. The van der Waals surface area contributed by atoms with E-state index in [1.54, 1.807) is 41.9 Å². The number of fused-ring (bicyclic) bond motifs is 1. The Labute approximate surface area is 165 Å². The molecule has 2 aromatic carbocycles. The number of Topliss-reactive ketones (excluding diaryl/α,β-unsaturated/α-hetero) is 1. The summed E-state index contributed by atoms with van der Waals surface area (Å²) in [5.41, 5.74) is 1.92. The lowest BCUT2D eigenvalue weighted by Gasteiger charge is -2.18. The average Bonchev–Trinajstić information content (AvgIpc) is 3.22. The minimum absolute atomic E-state index is 0.0454. The minimum atomic E-state index is -0.286. The van der Waals surface area contributed by atoms with Crippen LogP contribution in [-0.2, 0) is 4.79 Å². The van der Waals surface area contributed by atoms with Crippen molar-refractivity contribution in [3.8, 4) is 11.5 Å². The molecule has 0 aliphatic carbocycles. The zero-order valence-corrected chi connectivity index (χ0v) is 15.6. The van der Waals surface area contributed by atoms with Gasteiger partial charge in [0.05, 0.1) is 5.56 Å². The fourth-order valence-corrected chi connectivity index (χ4v) is 3.31. The van der Waals surface area contributed by atoms with Crippen LogP contribution in [0.5, 0.6) is 11.5 Å². The minimum Gasteiger partial charge on any atom is -0.488 e. The summed E-state index contributed by atoms with van der Waals surface area (Å²) in [6, 6.07) is 14.4. The number of amides is 1. The number of hydrogen-bond donors (Lipinski definition) is 1. The smallest absolute Gasteiger partial charge is 0.264 e. The largest absolute Gasteiger partial charge is 0.488 e. The highest BCUT2D eigenvalue weighted by atomic mass is 32.1. The van der Waals surface area contributed by atoms with E-state index in [1.807, 2.05) is 24.3 Å². The molecule has 1 aromatic heterocycles. The van der Waals surface area contributed by atoms with Crippen LogP contribution >= 0.6 is 11.3 Å². The van der Waals surface area contributed by atoms with Gasteiger partial charge in [-0.2, -0.15) is 0 Å². The van der Waals surface area contributed by atoms with Gasteiger partial charge in [-0.25, -0.2) is 4.98 Å². The Hall–Kier alpha value is -3.45. The first-order valence-corrected chi connectivity index (χ1v) is 9.46. The van der Waals surface area contributed by atoms with Crippen LogP contribution in [0.1, 0.15) is 15.9 Å². The topological polar surface area (TPSA) is 77.5 Å². The van der Waals surface area contributed by atoms with Gasteiger partial charge in [0.2, 0.25) is 0 Å². The average molecular weight is 392 g/mol. The third-order valence-corrected chi connectivity index (χ3v) is 4.74. The van der Waals surface area contributed by atoms with E-state index in [0.717, 1.165) is 5.56 Å². The summed E-state index contributed by atoms with van der Waals surface area (Å²) in [6.07, 6.45) is 3.40. The molecule has 0 saturated carbocycles. The number of ketones is 1. The second-order valence-corrected chi connectivity index (χ2v) is 6.92. The number of anilines is 1. The normalized spacial score (nSPS) is 14.3. The number of carbonyl (C=O) groups excluding carboxylic acids is 2. The molecule has 0 fully saturated rings. The highest BCUT2D eigenvalue weighted by molar-refractivity contribution is 7.13. The molecule has 0 saturated heterocycles. The summed E-state index contributed by atoms with van der Waals surface area (Å²) < 4.78 is 11.2. The van der Waals surface area contributed by atoms with Gasteiger partial charge in [-0.1, -0.05) is 24.3 Å². The quantitative estimate of drug-likeness (QED) is 0.668. The van der Waals surface area contributed by atoms with Gasteiger partial charge in [-0.3, -0.25) is 14.9 Å². The number of benzene rings is 2. The monoisotopic (exact) mass is 392 g/mol. The molecule has 1 amide bonds. The molecule has 1 aliphatic rings. The van der Waals surface area contributed by atoms with Crippen LogP contribution in [0.3, 0.4) is 0 Å². The van der Waals surface area contributed by atoms with Crippen LogP contribution in [-0.4, -0.2) is 29.9 Å².